The second-order valence-corrected chi connectivity index (χ2v) is 6.88. The normalized spacial score (nSPS) is 23.4. The van der Waals surface area contributed by atoms with Crippen LogP contribution in [0.1, 0.15) is 15.4 Å². The van der Waals surface area contributed by atoms with E-state index in [1.54, 1.807) is 30.1 Å². The molecule has 8 nitrogen and oxygen atoms in total. The average molecular weight is 404 g/mol. The Kier molecular flexibility index (Phi) is 5.08. The summed E-state index contributed by atoms with van der Waals surface area (Å²) < 4.78 is 47.4. The largest absolute Gasteiger partial charge is 0.622 e. The van der Waals surface area contributed by atoms with Gasteiger partial charge in [-0.2, -0.15) is 13.2 Å². The van der Waals surface area contributed by atoms with Crippen molar-refractivity contribution in [3.8, 4) is 5.75 Å². The number of likely N-dealkylation sites (N-methyl/N-ethyl adjacent to an activating group) is 1. The fourth-order valence-electron chi connectivity index (χ4n) is 2.70. The molecule has 0 spiro atoms. The van der Waals surface area contributed by atoms with Crippen LogP contribution in [-0.2, 0) is 10.9 Å². The van der Waals surface area contributed by atoms with Gasteiger partial charge in [0, 0.05) is 0 Å². The minimum atomic E-state index is -4.70. The lowest BCUT2D eigenvalue weighted by Gasteiger charge is -2.38. The highest BCUT2D eigenvalue weighted by Crippen LogP contribution is 2.39. The van der Waals surface area contributed by atoms with Crippen LogP contribution < -0.4 is 9.38 Å². The maximum Gasteiger partial charge on any atom is 0.445 e. The first-order valence-corrected chi connectivity index (χ1v) is 8.49. The van der Waals surface area contributed by atoms with Crippen LogP contribution in [-0.4, -0.2) is 54.7 Å². The molecule has 12 heteroatoms. The van der Waals surface area contributed by atoms with Crippen molar-refractivity contribution in [3.05, 3.63) is 40.0 Å². The number of carbonyl (C=O) groups excluding carboxylic acids is 1. The number of quaternary nitrogens is 1. The zero-order valence-electron chi connectivity index (χ0n) is 14.3. The van der Waals surface area contributed by atoms with E-state index in [9.17, 15) is 23.2 Å². The van der Waals surface area contributed by atoms with Crippen molar-refractivity contribution >= 4 is 22.4 Å². The summed E-state index contributed by atoms with van der Waals surface area (Å²) >= 11 is 0.142. The second kappa shape index (κ2) is 7.03. The zero-order valence-corrected chi connectivity index (χ0v) is 15.1. The number of aromatic nitrogens is 2. The van der Waals surface area contributed by atoms with Crippen molar-refractivity contribution in [2.75, 3.05) is 27.4 Å². The number of methoxy groups -OCH3 is 1. The highest BCUT2D eigenvalue weighted by atomic mass is 32.1. The molecule has 1 aliphatic heterocycles. The monoisotopic (exact) mass is 404 g/mol. The number of hydroxylamine groups is 2. The predicted octanol–water partition coefficient (Wildman–Crippen LogP) is 2.46. The lowest BCUT2D eigenvalue weighted by Crippen LogP contribution is -2.50. The lowest BCUT2D eigenvalue weighted by atomic mass is 10.2. The first-order valence-electron chi connectivity index (χ1n) is 7.67. The van der Waals surface area contributed by atoms with Gasteiger partial charge in [0.25, 0.3) is 6.23 Å². The summed E-state index contributed by atoms with van der Waals surface area (Å²) in [6.07, 6.45) is -5.99. The summed E-state index contributed by atoms with van der Waals surface area (Å²) in [7, 11) is 2.97. The number of hydrogen-bond acceptors (Lipinski definition) is 8. The molecule has 0 saturated carbocycles. The topological polar surface area (TPSA) is 87.6 Å². The van der Waals surface area contributed by atoms with E-state index in [4.69, 9.17) is 9.47 Å². The number of rotatable bonds is 4. The molecule has 1 aromatic carbocycles. The third kappa shape index (κ3) is 3.74. The first-order chi connectivity index (χ1) is 12.6. The van der Waals surface area contributed by atoms with Gasteiger partial charge in [0.15, 0.2) is 0 Å². The van der Waals surface area contributed by atoms with E-state index >= 15 is 0 Å². The Bertz CT molecular complexity index is 846. The van der Waals surface area contributed by atoms with Gasteiger partial charge in [0.2, 0.25) is 5.01 Å². The van der Waals surface area contributed by atoms with E-state index < -0.39 is 33.2 Å². The fraction of sp³-hybridized carbons (Fsp3) is 0.400. The third-order valence-corrected chi connectivity index (χ3v) is 5.01. The van der Waals surface area contributed by atoms with Crippen LogP contribution in [0.4, 0.5) is 18.3 Å². The van der Waals surface area contributed by atoms with Crippen molar-refractivity contribution in [3.63, 3.8) is 0 Å². The molecule has 2 heterocycles. The molecular formula is C15H15F3N4O4S. The molecule has 1 aromatic heterocycles. The van der Waals surface area contributed by atoms with E-state index in [0.29, 0.717) is 0 Å². The number of halogens is 3. The maximum atomic E-state index is 13.2. The van der Waals surface area contributed by atoms with E-state index in [1.807, 2.05) is 0 Å². The first kappa shape index (κ1) is 19.5. The summed E-state index contributed by atoms with van der Waals surface area (Å²) in [6, 6.07) is 6.27. The fourth-order valence-corrected chi connectivity index (χ4v) is 3.48. The Balaban J connectivity index is 1.87. The molecule has 2 atom stereocenters. The average Bonchev–Trinajstić information content (AvgIpc) is 3.21. The number of nitrogens with zero attached hydrogens (tertiary/aromatic N) is 4. The van der Waals surface area contributed by atoms with Gasteiger partial charge in [-0.1, -0.05) is 17.2 Å². The van der Waals surface area contributed by atoms with Gasteiger partial charge in [-0.25, -0.2) is 9.69 Å². The van der Waals surface area contributed by atoms with E-state index in [2.05, 4.69) is 10.2 Å². The molecule has 146 valence electrons. The number of hydrogen-bond donors (Lipinski definition) is 0. The molecule has 1 fully saturated rings. The molecule has 0 amide bonds. The van der Waals surface area contributed by atoms with Gasteiger partial charge in [0.05, 0.1) is 13.7 Å². The Labute approximate surface area is 155 Å². The minimum Gasteiger partial charge on any atom is -0.622 e. The number of benzene rings is 1. The number of alkyl halides is 3. The van der Waals surface area contributed by atoms with Crippen LogP contribution in [0, 0.1) is 5.21 Å². The molecule has 1 aliphatic rings. The molecule has 2 unspecified atom stereocenters. The summed E-state index contributed by atoms with van der Waals surface area (Å²) in [6.45, 7) is -0.193. The number of esters is 1. The second-order valence-electron chi connectivity index (χ2n) is 5.92. The van der Waals surface area contributed by atoms with Gasteiger partial charge in [-0.15, -0.1) is 5.10 Å². The van der Waals surface area contributed by atoms with Gasteiger partial charge in [-0.05, 0) is 30.5 Å². The van der Waals surface area contributed by atoms with Gasteiger partial charge < -0.3 is 14.7 Å². The Hall–Kier alpha value is -2.28. The molecule has 0 N–H and O–H groups in total. The maximum absolute atomic E-state index is 13.2. The van der Waals surface area contributed by atoms with Crippen LogP contribution in [0.5, 0.6) is 5.75 Å². The van der Waals surface area contributed by atoms with E-state index in [-0.39, 0.29) is 35.9 Å². The van der Waals surface area contributed by atoms with Crippen LogP contribution in [0.2, 0.25) is 0 Å². The molecule has 1 saturated heterocycles. The predicted molar refractivity (Wildman–Crippen MR) is 89.8 cm³/mol. The van der Waals surface area contributed by atoms with Crippen molar-refractivity contribution < 1.29 is 27.4 Å². The van der Waals surface area contributed by atoms with Crippen LogP contribution in [0.15, 0.2) is 24.3 Å². The van der Waals surface area contributed by atoms with Crippen LogP contribution >= 0.6 is 11.3 Å². The highest BCUT2D eigenvalue weighted by Gasteiger charge is 2.47. The zero-order chi connectivity index (χ0) is 19.8. The van der Waals surface area contributed by atoms with Crippen molar-refractivity contribution in [1.82, 2.24) is 19.7 Å². The molecule has 0 bridgehead atoms. The molecule has 0 radical (unpaired) electrons. The standard InChI is InChI=1S/C15H15F3N4O4S/c1-21-7-11(26-12(23)9-5-3-4-6-10(9)25-2)22(24,8-21)14-20-19-13(27-14)15(16,17)18/h3-6,11H,7-8H2,1-2H3. The number of carbonyl (C=O) groups is 1. The highest BCUT2D eigenvalue weighted by molar-refractivity contribution is 7.15. The van der Waals surface area contributed by atoms with Crippen LogP contribution in [0.3, 0.4) is 0 Å². The third-order valence-electron chi connectivity index (χ3n) is 3.94. The Morgan fingerprint density at radius 3 is 2.70 bits per heavy atom. The molecular weight excluding hydrogens is 389 g/mol. The van der Waals surface area contributed by atoms with Crippen LogP contribution in [0.25, 0.3) is 0 Å². The smallest absolute Gasteiger partial charge is 0.445 e. The minimum absolute atomic E-state index is 0.0331. The summed E-state index contributed by atoms with van der Waals surface area (Å²) in [5.74, 6) is -0.556. The van der Waals surface area contributed by atoms with E-state index in [0.717, 1.165) is 0 Å². The van der Waals surface area contributed by atoms with Gasteiger partial charge in [0.1, 0.15) is 18.0 Å². The SMILES string of the molecule is COc1ccccc1C(=O)OC1CN(C)C[N+]1([O-])c1nnc(C(F)(F)F)s1. The van der Waals surface area contributed by atoms with Crippen molar-refractivity contribution in [1.29, 1.82) is 0 Å². The Morgan fingerprint density at radius 2 is 2.07 bits per heavy atom. The van der Waals surface area contributed by atoms with E-state index in [1.165, 1.54) is 13.2 Å². The molecule has 0 aliphatic carbocycles. The quantitative estimate of drug-likeness (QED) is 0.439. The molecule has 3 rings (SSSR count). The number of para-hydroxylation sites is 1. The number of ether oxygens (including phenoxy) is 2. The molecule has 27 heavy (non-hydrogen) atoms. The lowest BCUT2D eigenvalue weighted by molar-refractivity contribution is -0.138. The van der Waals surface area contributed by atoms with Gasteiger partial charge in [-0.3, -0.25) is 4.65 Å². The summed E-state index contributed by atoms with van der Waals surface area (Å²) in [4.78, 5) is 14.0. The van der Waals surface area contributed by atoms with Crippen molar-refractivity contribution in [2.24, 2.45) is 0 Å². The Morgan fingerprint density at radius 1 is 1.37 bits per heavy atom. The van der Waals surface area contributed by atoms with Crippen molar-refractivity contribution in [2.45, 2.75) is 12.4 Å². The summed E-state index contributed by atoms with van der Waals surface area (Å²) in [5.41, 5.74) is 0.106. The molecule has 2 aromatic rings. The van der Waals surface area contributed by atoms with Gasteiger partial charge >= 0.3 is 17.3 Å². The summed E-state index contributed by atoms with van der Waals surface area (Å²) in [5, 5.41) is 18.0.